The van der Waals surface area contributed by atoms with Gasteiger partial charge in [-0.3, -0.25) is 4.72 Å². The third-order valence-electron chi connectivity index (χ3n) is 2.76. The number of aromatic carboxylic acids is 1. The fourth-order valence-electron chi connectivity index (χ4n) is 1.72. The number of carbonyl (C=O) groups is 1. The molecule has 0 saturated heterocycles. The van der Waals surface area contributed by atoms with E-state index in [0.29, 0.717) is 5.56 Å². The lowest BCUT2D eigenvalue weighted by atomic mass is 10.2. The number of carboxylic acid groups (broad SMARTS) is 1. The summed E-state index contributed by atoms with van der Waals surface area (Å²) < 4.78 is 40.1. The highest BCUT2D eigenvalue weighted by Gasteiger charge is 2.18. The van der Waals surface area contributed by atoms with E-state index in [1.54, 1.807) is 6.92 Å². The lowest BCUT2D eigenvalue weighted by molar-refractivity contribution is 0.0696. The van der Waals surface area contributed by atoms with Gasteiger partial charge in [0, 0.05) is 0 Å². The zero-order valence-corrected chi connectivity index (χ0v) is 11.8. The van der Waals surface area contributed by atoms with E-state index in [2.05, 4.69) is 4.72 Å². The minimum atomic E-state index is -4.06. The van der Waals surface area contributed by atoms with Crippen LogP contribution in [-0.2, 0) is 10.0 Å². The van der Waals surface area contributed by atoms with E-state index in [0.717, 1.165) is 12.1 Å². The first kappa shape index (κ1) is 15.0. The predicted octanol–water partition coefficient (Wildman–Crippen LogP) is 2.63. The van der Waals surface area contributed by atoms with Crippen LogP contribution in [0.1, 0.15) is 15.9 Å². The number of hydrogen-bond acceptors (Lipinski definition) is 3. The molecule has 0 aliphatic rings. The number of anilines is 1. The Balaban J connectivity index is 2.41. The molecule has 110 valence electrons. The highest BCUT2D eigenvalue weighted by Crippen LogP contribution is 2.21. The molecular formula is C14H12FNO4S. The molecule has 2 aromatic carbocycles. The molecule has 0 aromatic heterocycles. The molecule has 7 heteroatoms. The molecule has 0 unspecified atom stereocenters. The standard InChI is InChI=1S/C14H12FNO4S/c1-9-5-6-12(15)13(7-9)16-21(19,20)11-4-2-3-10(8-11)14(17)18/h2-8,16H,1H3,(H,17,18). The van der Waals surface area contributed by atoms with Crippen LogP contribution in [0.15, 0.2) is 47.4 Å². The van der Waals surface area contributed by atoms with Gasteiger partial charge in [-0.25, -0.2) is 17.6 Å². The minimum Gasteiger partial charge on any atom is -0.478 e. The molecule has 2 rings (SSSR count). The molecule has 0 saturated carbocycles. The van der Waals surface area contributed by atoms with Gasteiger partial charge in [-0.2, -0.15) is 0 Å². The van der Waals surface area contributed by atoms with Gasteiger partial charge >= 0.3 is 5.97 Å². The minimum absolute atomic E-state index is 0.164. The van der Waals surface area contributed by atoms with E-state index >= 15 is 0 Å². The van der Waals surface area contributed by atoms with Gasteiger partial charge in [-0.1, -0.05) is 12.1 Å². The highest BCUT2D eigenvalue weighted by atomic mass is 32.2. The Morgan fingerprint density at radius 3 is 2.57 bits per heavy atom. The molecule has 0 atom stereocenters. The van der Waals surface area contributed by atoms with Crippen LogP contribution < -0.4 is 4.72 Å². The lowest BCUT2D eigenvalue weighted by Crippen LogP contribution is -2.14. The van der Waals surface area contributed by atoms with Crippen LogP contribution in [0.5, 0.6) is 0 Å². The van der Waals surface area contributed by atoms with Gasteiger partial charge in [0.15, 0.2) is 0 Å². The number of hydrogen-bond donors (Lipinski definition) is 2. The fraction of sp³-hybridized carbons (Fsp3) is 0.0714. The third-order valence-corrected chi connectivity index (χ3v) is 4.12. The summed E-state index contributed by atoms with van der Waals surface area (Å²) in [5, 5.41) is 8.87. The summed E-state index contributed by atoms with van der Waals surface area (Å²) in [5.41, 5.74) is 0.340. The third kappa shape index (κ3) is 3.38. The number of nitrogens with one attached hydrogen (secondary N) is 1. The molecule has 0 heterocycles. The second kappa shape index (κ2) is 5.53. The Labute approximate surface area is 121 Å². The van der Waals surface area contributed by atoms with Crippen LogP contribution in [0.2, 0.25) is 0 Å². The molecule has 0 bridgehead atoms. The maximum Gasteiger partial charge on any atom is 0.335 e. The van der Waals surface area contributed by atoms with E-state index in [1.807, 2.05) is 0 Å². The molecule has 0 amide bonds. The van der Waals surface area contributed by atoms with Crippen molar-refractivity contribution in [2.24, 2.45) is 0 Å². The number of sulfonamides is 1. The Morgan fingerprint density at radius 1 is 1.19 bits per heavy atom. The van der Waals surface area contributed by atoms with Crippen molar-refractivity contribution in [3.05, 3.63) is 59.4 Å². The van der Waals surface area contributed by atoms with Gasteiger partial charge in [-0.05, 0) is 42.8 Å². The number of aryl methyl sites for hydroxylation is 1. The predicted molar refractivity (Wildman–Crippen MR) is 75.3 cm³/mol. The Morgan fingerprint density at radius 2 is 1.90 bits per heavy atom. The Hall–Kier alpha value is -2.41. The van der Waals surface area contributed by atoms with Crippen molar-refractivity contribution in [2.75, 3.05) is 4.72 Å². The summed E-state index contributed by atoms with van der Waals surface area (Å²) in [6.07, 6.45) is 0. The maximum absolute atomic E-state index is 13.6. The topological polar surface area (TPSA) is 83.5 Å². The van der Waals surface area contributed by atoms with Crippen LogP contribution in [0, 0.1) is 12.7 Å². The van der Waals surface area contributed by atoms with Crippen molar-refractivity contribution in [2.45, 2.75) is 11.8 Å². The molecule has 5 nitrogen and oxygen atoms in total. The van der Waals surface area contributed by atoms with Crippen LogP contribution in [0.4, 0.5) is 10.1 Å². The van der Waals surface area contributed by atoms with Crippen molar-refractivity contribution in [3.8, 4) is 0 Å². The zero-order valence-electron chi connectivity index (χ0n) is 11.0. The summed E-state index contributed by atoms with van der Waals surface area (Å²) in [7, 11) is -4.06. The monoisotopic (exact) mass is 309 g/mol. The van der Waals surface area contributed by atoms with Gasteiger partial charge in [0.05, 0.1) is 16.1 Å². The highest BCUT2D eigenvalue weighted by molar-refractivity contribution is 7.92. The van der Waals surface area contributed by atoms with Gasteiger partial charge in [-0.15, -0.1) is 0 Å². The van der Waals surface area contributed by atoms with E-state index in [-0.39, 0.29) is 16.1 Å². The molecule has 0 aliphatic heterocycles. The second-order valence-electron chi connectivity index (χ2n) is 4.42. The van der Waals surface area contributed by atoms with E-state index in [9.17, 15) is 17.6 Å². The number of benzene rings is 2. The molecule has 0 fully saturated rings. The summed E-state index contributed by atoms with van der Waals surface area (Å²) in [4.78, 5) is 10.6. The number of carboxylic acids is 1. The zero-order chi connectivity index (χ0) is 15.6. The van der Waals surface area contributed by atoms with Crippen molar-refractivity contribution < 1.29 is 22.7 Å². The molecule has 0 spiro atoms. The molecule has 0 radical (unpaired) electrons. The first-order valence-electron chi connectivity index (χ1n) is 5.92. The first-order valence-corrected chi connectivity index (χ1v) is 7.40. The van der Waals surface area contributed by atoms with E-state index in [4.69, 9.17) is 5.11 Å². The molecule has 2 aromatic rings. The first-order chi connectivity index (χ1) is 9.79. The largest absolute Gasteiger partial charge is 0.478 e. The molecule has 2 N–H and O–H groups in total. The summed E-state index contributed by atoms with van der Waals surface area (Å²) in [5.74, 6) is -1.95. The normalized spacial score (nSPS) is 11.1. The quantitative estimate of drug-likeness (QED) is 0.909. The van der Waals surface area contributed by atoms with Gasteiger partial charge in [0.25, 0.3) is 10.0 Å². The molecular weight excluding hydrogens is 297 g/mol. The molecule has 21 heavy (non-hydrogen) atoms. The summed E-state index contributed by atoms with van der Waals surface area (Å²) in [6, 6.07) is 8.85. The van der Waals surface area contributed by atoms with Crippen LogP contribution in [-0.4, -0.2) is 19.5 Å². The van der Waals surface area contributed by atoms with Crippen molar-refractivity contribution in [1.29, 1.82) is 0 Å². The van der Waals surface area contributed by atoms with Crippen molar-refractivity contribution in [1.82, 2.24) is 0 Å². The summed E-state index contributed by atoms with van der Waals surface area (Å²) in [6.45, 7) is 1.70. The maximum atomic E-state index is 13.6. The second-order valence-corrected chi connectivity index (χ2v) is 6.10. The van der Waals surface area contributed by atoms with Crippen LogP contribution in [0.25, 0.3) is 0 Å². The van der Waals surface area contributed by atoms with Crippen molar-refractivity contribution >= 4 is 21.7 Å². The van der Waals surface area contributed by atoms with Gasteiger partial charge in [0.1, 0.15) is 5.82 Å². The number of halogens is 1. The van der Waals surface area contributed by atoms with Crippen molar-refractivity contribution in [3.63, 3.8) is 0 Å². The van der Waals surface area contributed by atoms with Gasteiger partial charge < -0.3 is 5.11 Å². The van der Waals surface area contributed by atoms with Crippen LogP contribution in [0.3, 0.4) is 0 Å². The Kier molecular flexibility index (Phi) is 3.95. The SMILES string of the molecule is Cc1ccc(F)c(NS(=O)(=O)c2cccc(C(=O)O)c2)c1. The smallest absolute Gasteiger partial charge is 0.335 e. The van der Waals surface area contributed by atoms with E-state index < -0.39 is 21.8 Å². The van der Waals surface area contributed by atoms with Crippen LogP contribution >= 0.6 is 0 Å². The number of rotatable bonds is 4. The van der Waals surface area contributed by atoms with Gasteiger partial charge in [0.2, 0.25) is 0 Å². The summed E-state index contributed by atoms with van der Waals surface area (Å²) >= 11 is 0. The Bertz CT molecular complexity index is 802. The lowest BCUT2D eigenvalue weighted by Gasteiger charge is -2.10. The molecule has 0 aliphatic carbocycles. The van der Waals surface area contributed by atoms with E-state index in [1.165, 1.54) is 30.3 Å². The fourth-order valence-corrected chi connectivity index (χ4v) is 2.82. The average Bonchev–Trinajstić information content (AvgIpc) is 2.43. The average molecular weight is 309 g/mol.